The van der Waals surface area contributed by atoms with Crippen molar-refractivity contribution in [3.05, 3.63) is 53.7 Å². The van der Waals surface area contributed by atoms with Crippen molar-refractivity contribution in [2.45, 2.75) is 39.6 Å². The molecule has 0 saturated heterocycles. The summed E-state index contributed by atoms with van der Waals surface area (Å²) < 4.78 is 13.1. The lowest BCUT2D eigenvalue weighted by Gasteiger charge is -2.32. The normalized spacial score (nSPS) is 17.4. The summed E-state index contributed by atoms with van der Waals surface area (Å²) in [6, 6.07) is 5.86. The summed E-state index contributed by atoms with van der Waals surface area (Å²) in [5.41, 5.74) is 0.942. The lowest BCUT2D eigenvalue weighted by atomic mass is 10.2. The van der Waals surface area contributed by atoms with Crippen LogP contribution in [-0.2, 0) is 19.7 Å². The highest BCUT2D eigenvalue weighted by Gasteiger charge is 2.28. The molecule has 25 heavy (non-hydrogen) atoms. The SMILES string of the molecule is Cc1cc(CN2CCn3c(COc4cccnc4)nnc3[C@H]2C)no1. The molecule has 130 valence electrons. The van der Waals surface area contributed by atoms with Gasteiger partial charge in [0.2, 0.25) is 0 Å². The van der Waals surface area contributed by atoms with Crippen molar-refractivity contribution in [1.82, 2.24) is 29.8 Å². The fraction of sp³-hybridized carbons (Fsp3) is 0.412. The number of aromatic nitrogens is 5. The Balaban J connectivity index is 1.45. The smallest absolute Gasteiger partial charge is 0.171 e. The van der Waals surface area contributed by atoms with Gasteiger partial charge in [0.25, 0.3) is 0 Å². The molecule has 0 fully saturated rings. The minimum atomic E-state index is 0.158. The summed E-state index contributed by atoms with van der Waals surface area (Å²) in [6.45, 7) is 6.90. The average Bonchev–Trinajstić information content (AvgIpc) is 3.23. The fourth-order valence-corrected chi connectivity index (χ4v) is 3.09. The molecule has 3 aromatic rings. The summed E-state index contributed by atoms with van der Waals surface area (Å²) in [5.74, 6) is 3.35. The van der Waals surface area contributed by atoms with E-state index >= 15 is 0 Å². The van der Waals surface area contributed by atoms with Crippen molar-refractivity contribution >= 4 is 0 Å². The van der Waals surface area contributed by atoms with Gasteiger partial charge in [0.15, 0.2) is 5.82 Å². The molecule has 0 aliphatic carbocycles. The Morgan fingerprint density at radius 3 is 3.00 bits per heavy atom. The van der Waals surface area contributed by atoms with E-state index in [2.05, 4.69) is 36.7 Å². The minimum Gasteiger partial charge on any atom is -0.484 e. The molecule has 4 heterocycles. The van der Waals surface area contributed by atoms with E-state index in [1.807, 2.05) is 25.1 Å². The molecule has 1 aliphatic rings. The maximum absolute atomic E-state index is 5.76. The molecule has 0 radical (unpaired) electrons. The molecular formula is C17H20N6O2. The standard InChI is InChI=1S/C17H20N6O2/c1-12-8-14(21-25-12)10-22-6-7-23-16(19-20-17(23)13(22)2)11-24-15-4-3-5-18-9-15/h3-5,8-9,13H,6-7,10-11H2,1-2H3/t13-/m1/s1. The van der Waals surface area contributed by atoms with Gasteiger partial charge in [-0.2, -0.15) is 0 Å². The molecule has 0 amide bonds. The predicted octanol–water partition coefficient (Wildman–Crippen LogP) is 2.13. The van der Waals surface area contributed by atoms with Gasteiger partial charge in [0.05, 0.1) is 17.9 Å². The van der Waals surface area contributed by atoms with Gasteiger partial charge in [-0.05, 0) is 26.0 Å². The van der Waals surface area contributed by atoms with Crippen LogP contribution in [0.1, 0.15) is 36.1 Å². The number of hydrogen-bond acceptors (Lipinski definition) is 7. The van der Waals surface area contributed by atoms with Crippen molar-refractivity contribution in [2.24, 2.45) is 0 Å². The molecule has 0 bridgehead atoms. The lowest BCUT2D eigenvalue weighted by Crippen LogP contribution is -2.37. The molecule has 1 atom stereocenters. The topological polar surface area (TPSA) is 82.1 Å². The lowest BCUT2D eigenvalue weighted by molar-refractivity contribution is 0.148. The number of nitrogens with zero attached hydrogens (tertiary/aromatic N) is 6. The van der Waals surface area contributed by atoms with Gasteiger partial charge in [-0.15, -0.1) is 10.2 Å². The maximum atomic E-state index is 5.76. The van der Waals surface area contributed by atoms with E-state index < -0.39 is 0 Å². The van der Waals surface area contributed by atoms with Crippen LogP contribution in [0.4, 0.5) is 0 Å². The van der Waals surface area contributed by atoms with Gasteiger partial charge in [-0.1, -0.05) is 5.16 Å². The molecule has 0 spiro atoms. The van der Waals surface area contributed by atoms with Crippen molar-refractivity contribution < 1.29 is 9.26 Å². The highest BCUT2D eigenvalue weighted by molar-refractivity contribution is 5.16. The molecular weight excluding hydrogens is 320 g/mol. The van der Waals surface area contributed by atoms with Gasteiger partial charge >= 0.3 is 0 Å². The van der Waals surface area contributed by atoms with E-state index in [9.17, 15) is 0 Å². The summed E-state index contributed by atoms with van der Waals surface area (Å²) in [6.07, 6.45) is 3.41. The fourth-order valence-electron chi connectivity index (χ4n) is 3.09. The van der Waals surface area contributed by atoms with Crippen molar-refractivity contribution in [2.75, 3.05) is 6.54 Å². The number of rotatable bonds is 5. The maximum Gasteiger partial charge on any atom is 0.171 e. The third-order valence-electron chi connectivity index (χ3n) is 4.43. The Labute approximate surface area is 145 Å². The first kappa shape index (κ1) is 15.8. The van der Waals surface area contributed by atoms with Gasteiger partial charge in [-0.3, -0.25) is 9.88 Å². The zero-order chi connectivity index (χ0) is 17.2. The van der Waals surface area contributed by atoms with E-state index in [1.54, 1.807) is 12.4 Å². The number of hydrogen-bond donors (Lipinski definition) is 0. The molecule has 0 N–H and O–H groups in total. The van der Waals surface area contributed by atoms with Gasteiger partial charge in [-0.25, -0.2) is 0 Å². The van der Waals surface area contributed by atoms with Crippen LogP contribution in [0.25, 0.3) is 0 Å². The second-order valence-corrected chi connectivity index (χ2v) is 6.18. The number of pyridine rings is 1. The second kappa shape index (κ2) is 6.64. The first-order valence-electron chi connectivity index (χ1n) is 8.32. The zero-order valence-electron chi connectivity index (χ0n) is 14.3. The van der Waals surface area contributed by atoms with E-state index in [-0.39, 0.29) is 6.04 Å². The molecule has 3 aromatic heterocycles. The summed E-state index contributed by atoms with van der Waals surface area (Å²) in [7, 11) is 0. The first-order valence-corrected chi connectivity index (χ1v) is 8.32. The van der Waals surface area contributed by atoms with Crippen LogP contribution in [0.2, 0.25) is 0 Å². The predicted molar refractivity (Wildman–Crippen MR) is 88.7 cm³/mol. The molecule has 0 unspecified atom stereocenters. The molecule has 4 rings (SSSR count). The van der Waals surface area contributed by atoms with E-state index in [1.165, 1.54) is 0 Å². The van der Waals surface area contributed by atoms with E-state index in [4.69, 9.17) is 9.26 Å². The van der Waals surface area contributed by atoms with Crippen molar-refractivity contribution in [3.63, 3.8) is 0 Å². The van der Waals surface area contributed by atoms with E-state index in [0.717, 1.165) is 48.5 Å². The third kappa shape index (κ3) is 3.25. The number of fused-ring (bicyclic) bond motifs is 1. The molecule has 0 saturated carbocycles. The highest BCUT2D eigenvalue weighted by atomic mass is 16.5. The highest BCUT2D eigenvalue weighted by Crippen LogP contribution is 2.26. The second-order valence-electron chi connectivity index (χ2n) is 6.18. The quantitative estimate of drug-likeness (QED) is 0.703. The van der Waals surface area contributed by atoms with Crippen LogP contribution >= 0.6 is 0 Å². The monoisotopic (exact) mass is 340 g/mol. The largest absolute Gasteiger partial charge is 0.484 e. The van der Waals surface area contributed by atoms with Gasteiger partial charge in [0.1, 0.15) is 23.9 Å². The van der Waals surface area contributed by atoms with Gasteiger partial charge < -0.3 is 13.8 Å². The summed E-state index contributed by atoms with van der Waals surface area (Å²) >= 11 is 0. The van der Waals surface area contributed by atoms with Crippen LogP contribution in [0, 0.1) is 6.92 Å². The minimum absolute atomic E-state index is 0.158. The number of aryl methyl sites for hydroxylation is 1. The van der Waals surface area contributed by atoms with Crippen LogP contribution in [0.3, 0.4) is 0 Å². The average molecular weight is 340 g/mol. The zero-order valence-corrected chi connectivity index (χ0v) is 14.3. The van der Waals surface area contributed by atoms with Crippen LogP contribution in [0.15, 0.2) is 35.1 Å². The van der Waals surface area contributed by atoms with Crippen LogP contribution in [-0.4, -0.2) is 36.3 Å². The van der Waals surface area contributed by atoms with Crippen LogP contribution in [0.5, 0.6) is 5.75 Å². The molecule has 8 heteroatoms. The van der Waals surface area contributed by atoms with Crippen molar-refractivity contribution in [1.29, 1.82) is 0 Å². The van der Waals surface area contributed by atoms with Crippen molar-refractivity contribution in [3.8, 4) is 5.75 Å². The Morgan fingerprint density at radius 1 is 1.32 bits per heavy atom. The molecule has 1 aliphatic heterocycles. The Hall–Kier alpha value is -2.74. The third-order valence-corrected chi connectivity index (χ3v) is 4.43. The summed E-state index contributed by atoms with van der Waals surface area (Å²) in [5, 5.41) is 12.8. The Bertz CT molecular complexity index is 844. The molecule has 8 nitrogen and oxygen atoms in total. The summed E-state index contributed by atoms with van der Waals surface area (Å²) in [4.78, 5) is 6.37. The Morgan fingerprint density at radius 2 is 2.24 bits per heavy atom. The first-order chi connectivity index (χ1) is 12.2. The number of ether oxygens (including phenoxy) is 1. The Kier molecular flexibility index (Phi) is 4.19. The molecule has 0 aromatic carbocycles. The van der Waals surface area contributed by atoms with E-state index in [0.29, 0.717) is 6.61 Å². The van der Waals surface area contributed by atoms with Gasteiger partial charge in [0, 0.05) is 31.9 Å². The van der Waals surface area contributed by atoms with Crippen LogP contribution < -0.4 is 4.74 Å².